The molecule has 5 rings (SSSR count). The van der Waals surface area contributed by atoms with Gasteiger partial charge < -0.3 is 15.8 Å². The molecule has 0 fully saturated rings. The molecule has 1 aromatic carbocycles. The summed E-state index contributed by atoms with van der Waals surface area (Å²) in [6, 6.07) is 7.41. The van der Waals surface area contributed by atoms with Crippen LogP contribution in [0.15, 0.2) is 59.9 Å². The van der Waals surface area contributed by atoms with E-state index in [9.17, 15) is 13.6 Å². The number of anilines is 2. The molecule has 0 bridgehead atoms. The van der Waals surface area contributed by atoms with E-state index in [0.29, 0.717) is 10.1 Å². The van der Waals surface area contributed by atoms with Crippen LogP contribution in [0.1, 0.15) is 42.9 Å². The second-order valence-electron chi connectivity index (χ2n) is 9.14. The van der Waals surface area contributed by atoms with Crippen LogP contribution >= 0.6 is 11.3 Å². The van der Waals surface area contributed by atoms with Crippen LogP contribution < -0.4 is 21.3 Å². The third-order valence-electron chi connectivity index (χ3n) is 5.89. The maximum absolute atomic E-state index is 14.2. The quantitative estimate of drug-likeness (QED) is 0.228. The number of nitrogens with two attached hydrogens (primary N) is 1. The van der Waals surface area contributed by atoms with Crippen molar-refractivity contribution in [2.24, 2.45) is 0 Å². The third kappa shape index (κ3) is 5.23. The van der Waals surface area contributed by atoms with E-state index in [1.165, 1.54) is 54.2 Å². The number of rotatable bonds is 8. The van der Waals surface area contributed by atoms with Gasteiger partial charge in [0.25, 0.3) is 10.8 Å². The Morgan fingerprint density at radius 2 is 1.93 bits per heavy atom. The first-order chi connectivity index (χ1) is 19.1. The van der Waals surface area contributed by atoms with Gasteiger partial charge in [-0.05, 0) is 50.6 Å². The summed E-state index contributed by atoms with van der Waals surface area (Å²) in [6.07, 6.45) is 3.71. The lowest BCUT2D eigenvalue weighted by molar-refractivity contribution is 0.241. The SMILES string of the molecule is CC(C)Oc1ncc(C(=N)c2c(N)ncnc2N[C@@H](C)c2nc3ccc(F)cn3c(=O)c2-c2cccc(F)c2)s1. The maximum Gasteiger partial charge on any atom is 0.274 e. The van der Waals surface area contributed by atoms with E-state index < -0.39 is 23.2 Å². The Morgan fingerprint density at radius 3 is 2.67 bits per heavy atom. The topological polar surface area (TPSA) is 144 Å². The zero-order valence-electron chi connectivity index (χ0n) is 21.6. The van der Waals surface area contributed by atoms with Crippen LogP contribution in [0.25, 0.3) is 16.8 Å². The summed E-state index contributed by atoms with van der Waals surface area (Å²) in [5, 5.41) is 12.4. The van der Waals surface area contributed by atoms with Crippen LogP contribution in [0.5, 0.6) is 5.19 Å². The van der Waals surface area contributed by atoms with Crippen molar-refractivity contribution in [2.45, 2.75) is 32.9 Å². The summed E-state index contributed by atoms with van der Waals surface area (Å²) in [4.78, 5) is 31.3. The maximum atomic E-state index is 14.2. The molecular weight excluding hydrogens is 538 g/mol. The first kappa shape index (κ1) is 26.8. The number of benzene rings is 1. The van der Waals surface area contributed by atoms with Crippen LogP contribution in [0, 0.1) is 17.0 Å². The number of hydrogen-bond acceptors (Lipinski definition) is 10. The van der Waals surface area contributed by atoms with Crippen molar-refractivity contribution in [2.75, 3.05) is 11.1 Å². The van der Waals surface area contributed by atoms with E-state index in [0.717, 1.165) is 10.6 Å². The van der Waals surface area contributed by atoms with Crippen LogP contribution in [-0.2, 0) is 0 Å². The zero-order chi connectivity index (χ0) is 28.6. The number of ether oxygens (including phenoxy) is 1. The van der Waals surface area contributed by atoms with Crippen LogP contribution in [0.4, 0.5) is 20.4 Å². The molecule has 4 aromatic heterocycles. The normalized spacial score (nSPS) is 12.1. The number of pyridine rings is 1. The van der Waals surface area contributed by atoms with Crippen molar-refractivity contribution in [1.82, 2.24) is 24.3 Å². The van der Waals surface area contributed by atoms with Crippen LogP contribution in [0.2, 0.25) is 0 Å². The van der Waals surface area contributed by atoms with Gasteiger partial charge in [0.05, 0.1) is 45.8 Å². The molecule has 13 heteroatoms. The molecule has 1 atom stereocenters. The molecular formula is C27H24F2N8O2S. The van der Waals surface area contributed by atoms with Crippen molar-refractivity contribution in [3.63, 3.8) is 0 Å². The molecule has 0 aliphatic carbocycles. The standard InChI is InChI=1S/C27H24F2N8O2S/c1-13(2)39-27-32-10-18(40-27)22(30)21-24(31)33-12-34-25(21)35-14(3)23-20(15-5-4-6-16(28)9-15)26(38)37-11-17(29)7-8-19(37)36-23/h4-14,30H,1-3H3,(H3,31,33,34,35)/t14-/m0/s1. The average Bonchev–Trinajstić information content (AvgIpc) is 3.36. The summed E-state index contributed by atoms with van der Waals surface area (Å²) in [5.74, 6) is -0.888. The highest BCUT2D eigenvalue weighted by Crippen LogP contribution is 2.31. The summed E-state index contributed by atoms with van der Waals surface area (Å²) in [5.41, 5.74) is 6.69. The highest BCUT2D eigenvalue weighted by atomic mass is 32.1. The molecule has 0 unspecified atom stereocenters. The second kappa shape index (κ2) is 10.8. The van der Waals surface area contributed by atoms with Gasteiger partial charge in [0.2, 0.25) is 0 Å². The van der Waals surface area contributed by atoms with Crippen molar-refractivity contribution in [3.8, 4) is 16.3 Å². The van der Waals surface area contributed by atoms with Crippen molar-refractivity contribution >= 4 is 34.3 Å². The Labute approximate surface area is 231 Å². The number of thiazole rings is 1. The molecule has 0 radical (unpaired) electrons. The van der Waals surface area contributed by atoms with Gasteiger partial charge in [-0.25, -0.2) is 28.7 Å². The van der Waals surface area contributed by atoms with E-state index in [1.54, 1.807) is 13.0 Å². The number of nitrogen functional groups attached to an aromatic ring is 1. The summed E-state index contributed by atoms with van der Waals surface area (Å²) in [6.45, 7) is 5.48. The third-order valence-corrected chi connectivity index (χ3v) is 6.79. The van der Waals surface area contributed by atoms with Crippen molar-refractivity contribution in [1.29, 1.82) is 5.41 Å². The lowest BCUT2D eigenvalue weighted by atomic mass is 10.0. The Hall–Kier alpha value is -4.78. The Bertz CT molecular complexity index is 1800. The van der Waals surface area contributed by atoms with E-state index in [4.69, 9.17) is 15.9 Å². The Morgan fingerprint density at radius 1 is 1.12 bits per heavy atom. The zero-order valence-corrected chi connectivity index (χ0v) is 22.5. The number of aromatic nitrogens is 5. The molecule has 5 aromatic rings. The second-order valence-corrected chi connectivity index (χ2v) is 10.1. The first-order valence-electron chi connectivity index (χ1n) is 12.2. The van der Waals surface area contributed by atoms with Gasteiger partial charge in [0.15, 0.2) is 0 Å². The van der Waals surface area contributed by atoms with E-state index in [2.05, 4.69) is 25.3 Å². The molecule has 40 heavy (non-hydrogen) atoms. The van der Waals surface area contributed by atoms with Gasteiger partial charge in [-0.1, -0.05) is 23.5 Å². The largest absolute Gasteiger partial charge is 0.467 e. The lowest BCUT2D eigenvalue weighted by Gasteiger charge is -2.20. The van der Waals surface area contributed by atoms with Crippen molar-refractivity contribution in [3.05, 3.63) is 93.2 Å². The molecule has 204 valence electrons. The smallest absolute Gasteiger partial charge is 0.274 e. The van der Waals surface area contributed by atoms with Gasteiger partial charge in [0, 0.05) is 6.20 Å². The predicted molar refractivity (Wildman–Crippen MR) is 149 cm³/mol. The minimum Gasteiger partial charge on any atom is -0.467 e. The molecule has 4 heterocycles. The first-order valence-corrected chi connectivity index (χ1v) is 13.0. The number of nitrogens with one attached hydrogen (secondary N) is 2. The van der Waals surface area contributed by atoms with Gasteiger partial charge >= 0.3 is 0 Å². The highest BCUT2D eigenvalue weighted by Gasteiger charge is 2.24. The Kier molecular flexibility index (Phi) is 7.22. The number of halogens is 2. The van der Waals surface area contributed by atoms with E-state index >= 15 is 0 Å². The number of fused-ring (bicyclic) bond motifs is 1. The Balaban J connectivity index is 1.59. The van der Waals surface area contributed by atoms with Crippen LogP contribution in [0.3, 0.4) is 0 Å². The highest BCUT2D eigenvalue weighted by molar-refractivity contribution is 7.15. The minimum atomic E-state index is -0.692. The number of nitrogens with zero attached hydrogens (tertiary/aromatic N) is 5. The monoisotopic (exact) mass is 562 g/mol. The van der Waals surface area contributed by atoms with Gasteiger partial charge in [-0.3, -0.25) is 14.6 Å². The fraction of sp³-hybridized carbons (Fsp3) is 0.185. The number of hydrogen-bond donors (Lipinski definition) is 3. The minimum absolute atomic E-state index is 0.0243. The average molecular weight is 563 g/mol. The molecule has 10 nitrogen and oxygen atoms in total. The van der Waals surface area contributed by atoms with Crippen molar-refractivity contribution < 1.29 is 13.5 Å². The molecule has 0 amide bonds. The van der Waals surface area contributed by atoms with Gasteiger partial charge in [-0.2, -0.15) is 0 Å². The summed E-state index contributed by atoms with van der Waals surface area (Å²) in [7, 11) is 0. The molecule has 0 spiro atoms. The summed E-state index contributed by atoms with van der Waals surface area (Å²) >= 11 is 1.18. The molecule has 4 N–H and O–H groups in total. The van der Waals surface area contributed by atoms with Crippen LogP contribution in [-0.4, -0.2) is 36.2 Å². The predicted octanol–water partition coefficient (Wildman–Crippen LogP) is 4.84. The van der Waals surface area contributed by atoms with E-state index in [1.807, 2.05) is 13.8 Å². The molecule has 0 saturated heterocycles. The van der Waals surface area contributed by atoms with Gasteiger partial charge in [-0.15, -0.1) is 0 Å². The lowest BCUT2D eigenvalue weighted by Crippen LogP contribution is -2.24. The molecule has 0 aliphatic heterocycles. The van der Waals surface area contributed by atoms with Gasteiger partial charge in [0.1, 0.15) is 35.2 Å². The fourth-order valence-electron chi connectivity index (χ4n) is 4.14. The molecule has 0 saturated carbocycles. The molecule has 0 aliphatic rings. The fourth-order valence-corrected chi connectivity index (χ4v) is 4.98. The summed E-state index contributed by atoms with van der Waals surface area (Å²) < 4.78 is 34.9. The van der Waals surface area contributed by atoms with E-state index in [-0.39, 0.29) is 51.5 Å².